The van der Waals surface area contributed by atoms with Gasteiger partial charge >= 0.3 is 0 Å². The van der Waals surface area contributed by atoms with Crippen molar-refractivity contribution in [2.75, 3.05) is 43.9 Å². The summed E-state index contributed by atoms with van der Waals surface area (Å²) in [5, 5.41) is 10.2. The lowest BCUT2D eigenvalue weighted by Crippen LogP contribution is -2.28. The number of hydrogen-bond acceptors (Lipinski definition) is 8. The summed E-state index contributed by atoms with van der Waals surface area (Å²) in [6, 6.07) is 15.3. The van der Waals surface area contributed by atoms with Crippen LogP contribution in [0.5, 0.6) is 5.88 Å². The molecule has 1 aliphatic heterocycles. The van der Waals surface area contributed by atoms with E-state index >= 15 is 0 Å². The summed E-state index contributed by atoms with van der Waals surface area (Å²) < 4.78 is 35.3. The van der Waals surface area contributed by atoms with E-state index in [4.69, 9.17) is 4.74 Å². The minimum atomic E-state index is -4.06. The molecule has 3 heterocycles. The molecule has 214 valence electrons. The number of rotatable bonds is 9. The number of carbonyl (C=O) groups excluding carboxylic acids is 1. The number of nitriles is 1. The summed E-state index contributed by atoms with van der Waals surface area (Å²) in [5.74, 6) is 0.261. The Balaban J connectivity index is 1.40. The lowest BCUT2D eigenvalue weighted by molar-refractivity contribution is -0.119. The number of ether oxygens (including phenoxy) is 1. The van der Waals surface area contributed by atoms with Crippen LogP contribution >= 0.6 is 0 Å². The van der Waals surface area contributed by atoms with E-state index in [1.807, 2.05) is 43.3 Å². The first kappa shape index (κ1) is 27.6. The molecular formula is C31H30N6O4S. The molecule has 11 heteroatoms. The van der Waals surface area contributed by atoms with E-state index in [1.165, 1.54) is 18.2 Å². The van der Waals surface area contributed by atoms with Crippen LogP contribution in [0, 0.1) is 11.3 Å². The SMILES string of the molecule is CN(C)CCCOc1ncc(-c2ccc3ncc4c(c3c2)C2(CC2)C(=O)N4C)cc1NS(=O)(=O)c1cccc(C#N)c1. The summed E-state index contributed by atoms with van der Waals surface area (Å²) in [5.41, 5.74) is 4.04. The Morgan fingerprint density at radius 2 is 1.90 bits per heavy atom. The van der Waals surface area contributed by atoms with Gasteiger partial charge in [-0.25, -0.2) is 13.4 Å². The van der Waals surface area contributed by atoms with Crippen LogP contribution in [0.25, 0.3) is 22.0 Å². The van der Waals surface area contributed by atoms with Crippen molar-refractivity contribution < 1.29 is 17.9 Å². The number of carbonyl (C=O) groups is 1. The number of sulfonamides is 1. The van der Waals surface area contributed by atoms with Crippen LogP contribution in [0.4, 0.5) is 11.4 Å². The first-order valence-electron chi connectivity index (χ1n) is 13.7. The molecule has 10 nitrogen and oxygen atoms in total. The van der Waals surface area contributed by atoms with Gasteiger partial charge in [0.1, 0.15) is 5.69 Å². The standard InChI is InChI=1S/C31H30N6O4S/c1-36(2)12-5-13-41-29-26(35-42(39,40)23-7-4-6-20(14-23)17-32)16-22(18-34-29)21-8-9-25-24(15-21)28-27(19-33-25)37(3)30(38)31(28)10-11-31/h4,6-9,14-16,18-19,35H,5,10-13H2,1-3H3. The lowest BCUT2D eigenvalue weighted by atomic mass is 9.92. The Kier molecular flexibility index (Phi) is 6.83. The molecule has 2 aromatic carbocycles. The van der Waals surface area contributed by atoms with Crippen molar-refractivity contribution in [3.63, 3.8) is 0 Å². The van der Waals surface area contributed by atoms with Crippen molar-refractivity contribution in [2.24, 2.45) is 0 Å². The minimum absolute atomic E-state index is 0.0404. The van der Waals surface area contributed by atoms with Gasteiger partial charge in [-0.15, -0.1) is 0 Å². The van der Waals surface area contributed by atoms with Crippen molar-refractivity contribution in [2.45, 2.75) is 29.6 Å². The first-order chi connectivity index (χ1) is 20.1. The van der Waals surface area contributed by atoms with Crippen LogP contribution in [0.2, 0.25) is 0 Å². The highest BCUT2D eigenvalue weighted by Gasteiger charge is 2.59. The Morgan fingerprint density at radius 3 is 2.64 bits per heavy atom. The minimum Gasteiger partial charge on any atom is -0.476 e. The summed E-state index contributed by atoms with van der Waals surface area (Å²) in [4.78, 5) is 25.8. The molecule has 0 unspecified atom stereocenters. The highest BCUT2D eigenvalue weighted by atomic mass is 32.2. The highest BCUT2D eigenvalue weighted by molar-refractivity contribution is 7.92. The molecule has 42 heavy (non-hydrogen) atoms. The zero-order valence-corrected chi connectivity index (χ0v) is 24.4. The third-order valence-electron chi connectivity index (χ3n) is 7.84. The topological polar surface area (TPSA) is 129 Å². The molecule has 4 aromatic rings. The summed E-state index contributed by atoms with van der Waals surface area (Å²) in [7, 11) is 1.67. The number of benzene rings is 2. The molecule has 1 saturated carbocycles. The van der Waals surface area contributed by atoms with E-state index in [-0.39, 0.29) is 27.9 Å². The van der Waals surface area contributed by atoms with Gasteiger partial charge in [0.15, 0.2) is 0 Å². The number of aromatic nitrogens is 2. The number of hydrogen-bond donors (Lipinski definition) is 1. The first-order valence-corrected chi connectivity index (χ1v) is 15.1. The number of amides is 1. The van der Waals surface area contributed by atoms with Crippen LogP contribution in [-0.4, -0.2) is 63.5 Å². The Morgan fingerprint density at radius 1 is 1.10 bits per heavy atom. The fraction of sp³-hybridized carbons (Fsp3) is 0.290. The monoisotopic (exact) mass is 582 g/mol. The third-order valence-corrected chi connectivity index (χ3v) is 9.21. The van der Waals surface area contributed by atoms with Gasteiger partial charge in [-0.3, -0.25) is 14.5 Å². The number of pyridine rings is 2. The van der Waals surface area contributed by atoms with Crippen LogP contribution in [0.1, 0.15) is 30.4 Å². The molecule has 2 aromatic heterocycles. The molecule has 0 bridgehead atoms. The van der Waals surface area contributed by atoms with E-state index in [1.54, 1.807) is 36.5 Å². The van der Waals surface area contributed by atoms with Crippen LogP contribution in [-0.2, 0) is 20.2 Å². The van der Waals surface area contributed by atoms with Crippen molar-refractivity contribution in [1.29, 1.82) is 5.26 Å². The van der Waals surface area contributed by atoms with Gasteiger partial charge in [-0.2, -0.15) is 5.26 Å². The average molecular weight is 583 g/mol. The van der Waals surface area contributed by atoms with Crippen LogP contribution < -0.4 is 14.4 Å². The molecule has 0 saturated heterocycles. The van der Waals surface area contributed by atoms with E-state index in [0.717, 1.165) is 53.5 Å². The largest absolute Gasteiger partial charge is 0.476 e. The van der Waals surface area contributed by atoms with Gasteiger partial charge in [0.25, 0.3) is 10.0 Å². The number of likely N-dealkylation sites (N-methyl/N-ethyl adjacent to an activating group) is 1. The zero-order chi connectivity index (χ0) is 29.6. The molecular weight excluding hydrogens is 552 g/mol. The Bertz CT molecular complexity index is 1880. The van der Waals surface area contributed by atoms with Gasteiger partial charge in [-0.05, 0) is 75.3 Å². The number of nitrogens with zero attached hydrogens (tertiary/aromatic N) is 5. The molecule has 1 aliphatic carbocycles. The maximum atomic E-state index is 13.4. The quantitative estimate of drug-likeness (QED) is 0.289. The maximum Gasteiger partial charge on any atom is 0.262 e. The zero-order valence-electron chi connectivity index (χ0n) is 23.6. The van der Waals surface area contributed by atoms with E-state index in [9.17, 15) is 18.5 Å². The summed E-state index contributed by atoms with van der Waals surface area (Å²) in [6.07, 6.45) is 5.77. The van der Waals surface area contributed by atoms with Crippen molar-refractivity contribution in [3.8, 4) is 23.1 Å². The van der Waals surface area contributed by atoms with Gasteiger partial charge in [0, 0.05) is 36.3 Å². The maximum absolute atomic E-state index is 13.4. The van der Waals surface area contributed by atoms with Crippen molar-refractivity contribution in [1.82, 2.24) is 14.9 Å². The molecule has 0 atom stereocenters. The van der Waals surface area contributed by atoms with Gasteiger partial charge in [-0.1, -0.05) is 12.1 Å². The van der Waals surface area contributed by atoms with Crippen molar-refractivity contribution >= 4 is 38.2 Å². The predicted octanol–water partition coefficient (Wildman–Crippen LogP) is 4.31. The molecule has 1 fully saturated rings. The van der Waals surface area contributed by atoms with E-state index in [2.05, 4.69) is 14.7 Å². The second-order valence-corrected chi connectivity index (χ2v) is 12.7. The van der Waals surface area contributed by atoms with Crippen LogP contribution in [0.15, 0.2) is 65.8 Å². The molecule has 0 radical (unpaired) electrons. The van der Waals surface area contributed by atoms with Crippen molar-refractivity contribution in [3.05, 3.63) is 72.1 Å². The van der Waals surface area contributed by atoms with E-state index < -0.39 is 15.4 Å². The molecule has 1 N–H and O–H groups in total. The highest BCUT2D eigenvalue weighted by Crippen LogP contribution is 2.58. The average Bonchev–Trinajstić information content (AvgIpc) is 3.76. The molecule has 1 amide bonds. The smallest absolute Gasteiger partial charge is 0.262 e. The second-order valence-electron chi connectivity index (χ2n) is 11.0. The van der Waals surface area contributed by atoms with Gasteiger partial charge < -0.3 is 14.5 Å². The lowest BCUT2D eigenvalue weighted by Gasteiger charge is -2.16. The number of fused-ring (bicyclic) bond motifs is 4. The van der Waals surface area contributed by atoms with Gasteiger partial charge in [0.05, 0.1) is 46.0 Å². The second kappa shape index (κ2) is 10.4. The fourth-order valence-electron chi connectivity index (χ4n) is 5.53. The normalized spacial score (nSPS) is 15.2. The molecule has 1 spiro atoms. The van der Waals surface area contributed by atoms with Gasteiger partial charge in [0.2, 0.25) is 11.8 Å². The Labute approximate surface area is 244 Å². The molecule has 2 aliphatic rings. The summed E-state index contributed by atoms with van der Waals surface area (Å²) in [6.45, 7) is 1.15. The number of anilines is 2. The van der Waals surface area contributed by atoms with Crippen LogP contribution in [0.3, 0.4) is 0 Å². The molecule has 6 rings (SSSR count). The summed E-state index contributed by atoms with van der Waals surface area (Å²) >= 11 is 0. The fourth-order valence-corrected chi connectivity index (χ4v) is 6.62. The predicted molar refractivity (Wildman–Crippen MR) is 160 cm³/mol. The number of nitrogens with one attached hydrogen (secondary N) is 1. The van der Waals surface area contributed by atoms with E-state index in [0.29, 0.717) is 12.2 Å². The third kappa shape index (κ3) is 4.82. The Hall–Kier alpha value is -4.53.